The molecule has 1 aliphatic heterocycles. The number of hydrogen-bond acceptors (Lipinski definition) is 4. The zero-order valence-electron chi connectivity index (χ0n) is 11.6. The van der Waals surface area contributed by atoms with Gasteiger partial charge in [-0.25, -0.2) is 0 Å². The van der Waals surface area contributed by atoms with E-state index in [1.807, 2.05) is 24.3 Å². The number of para-hydroxylation sites is 1. The smallest absolute Gasteiger partial charge is 0.281 e. The molecule has 1 aliphatic rings. The number of rotatable bonds is 2. The summed E-state index contributed by atoms with van der Waals surface area (Å²) in [5, 5.41) is 7.39. The number of benzene rings is 1. The first-order chi connectivity index (χ1) is 9.60. The molecular formula is C13H17ClN4O2S. The summed E-state index contributed by atoms with van der Waals surface area (Å²) in [5.74, 6) is 0. The fourth-order valence-corrected chi connectivity index (χ4v) is 4.01. The van der Waals surface area contributed by atoms with Gasteiger partial charge in [0, 0.05) is 26.7 Å². The van der Waals surface area contributed by atoms with Crippen molar-refractivity contribution in [2.75, 3.05) is 17.4 Å². The van der Waals surface area contributed by atoms with Gasteiger partial charge in [0.2, 0.25) is 0 Å². The molecule has 1 aromatic carbocycles. The molecule has 0 radical (unpaired) electrons. The molecule has 114 valence electrons. The van der Waals surface area contributed by atoms with E-state index in [2.05, 4.69) is 10.4 Å². The largest absolute Gasteiger partial charge is 0.311 e. The number of aryl methyl sites for hydroxylation is 1. The summed E-state index contributed by atoms with van der Waals surface area (Å²) in [6.07, 6.45) is 1.49. The van der Waals surface area contributed by atoms with Gasteiger partial charge in [0.05, 0.1) is 11.9 Å². The summed E-state index contributed by atoms with van der Waals surface area (Å²) < 4.78 is 28.5. The molecule has 0 atom stereocenters. The minimum Gasteiger partial charge on any atom is -0.311 e. The molecule has 0 unspecified atom stereocenters. The topological polar surface area (TPSA) is 67.2 Å². The number of sulfonamides is 1. The Morgan fingerprint density at radius 1 is 1.24 bits per heavy atom. The van der Waals surface area contributed by atoms with E-state index < -0.39 is 10.0 Å². The van der Waals surface area contributed by atoms with Gasteiger partial charge in [-0.05, 0) is 17.7 Å². The number of aromatic nitrogens is 2. The highest BCUT2D eigenvalue weighted by molar-refractivity contribution is 7.92. The normalized spacial score (nSPS) is 15.0. The third-order valence-electron chi connectivity index (χ3n) is 3.40. The van der Waals surface area contributed by atoms with Crippen molar-refractivity contribution in [1.82, 2.24) is 15.1 Å². The highest BCUT2D eigenvalue weighted by Gasteiger charge is 2.29. The Labute approximate surface area is 130 Å². The van der Waals surface area contributed by atoms with Crippen LogP contribution in [0.5, 0.6) is 0 Å². The van der Waals surface area contributed by atoms with Gasteiger partial charge < -0.3 is 5.32 Å². The average molecular weight is 329 g/mol. The maximum absolute atomic E-state index is 12.8. The number of hydrogen-bond donors (Lipinski definition) is 1. The summed E-state index contributed by atoms with van der Waals surface area (Å²) in [5.41, 5.74) is 1.72. The van der Waals surface area contributed by atoms with Crippen LogP contribution < -0.4 is 9.62 Å². The van der Waals surface area contributed by atoms with Crippen LogP contribution in [0.1, 0.15) is 5.56 Å². The summed E-state index contributed by atoms with van der Waals surface area (Å²) in [7, 11) is -1.96. The molecule has 6 nitrogen and oxygen atoms in total. The molecule has 0 saturated carbocycles. The maximum atomic E-state index is 12.8. The molecule has 0 saturated heterocycles. The molecule has 1 N–H and O–H groups in total. The van der Waals surface area contributed by atoms with Crippen LogP contribution >= 0.6 is 12.4 Å². The Morgan fingerprint density at radius 3 is 2.71 bits per heavy atom. The Balaban J connectivity index is 0.00000161. The van der Waals surface area contributed by atoms with Gasteiger partial charge in [0.15, 0.2) is 5.03 Å². The third kappa shape index (κ3) is 2.76. The highest BCUT2D eigenvalue weighted by Crippen LogP contribution is 2.27. The number of anilines is 1. The van der Waals surface area contributed by atoms with E-state index in [-0.39, 0.29) is 17.4 Å². The summed E-state index contributed by atoms with van der Waals surface area (Å²) in [6.45, 7) is 1.70. The lowest BCUT2D eigenvalue weighted by Crippen LogP contribution is -2.35. The SMILES string of the molecule is Cl.Cn1nccc1S(=O)(=O)N1CCNCc2ccccc21. The van der Waals surface area contributed by atoms with Crippen molar-refractivity contribution in [3.8, 4) is 0 Å². The standard InChI is InChI=1S/C13H16N4O2S.ClH/c1-16-13(6-7-15-16)20(18,19)17-9-8-14-10-11-4-2-3-5-12(11)17;/h2-7,14H,8-10H2,1H3;1H. The quantitative estimate of drug-likeness (QED) is 0.897. The molecule has 21 heavy (non-hydrogen) atoms. The van der Waals surface area contributed by atoms with Crippen LogP contribution in [0.3, 0.4) is 0 Å². The van der Waals surface area contributed by atoms with Crippen LogP contribution in [0.4, 0.5) is 5.69 Å². The lowest BCUT2D eigenvalue weighted by Gasteiger charge is -2.23. The first-order valence-corrected chi connectivity index (χ1v) is 7.84. The van der Waals surface area contributed by atoms with E-state index in [0.29, 0.717) is 19.6 Å². The monoisotopic (exact) mass is 328 g/mol. The Hall–Kier alpha value is -1.57. The van der Waals surface area contributed by atoms with Gasteiger partial charge in [-0.3, -0.25) is 8.99 Å². The van der Waals surface area contributed by atoms with Crippen molar-refractivity contribution in [1.29, 1.82) is 0 Å². The first kappa shape index (κ1) is 15.8. The van der Waals surface area contributed by atoms with Crippen LogP contribution in [0, 0.1) is 0 Å². The van der Waals surface area contributed by atoms with E-state index in [9.17, 15) is 8.42 Å². The second-order valence-corrected chi connectivity index (χ2v) is 6.48. The minimum atomic E-state index is -3.59. The molecule has 1 aromatic heterocycles. The molecule has 0 aliphatic carbocycles. The van der Waals surface area contributed by atoms with Crippen LogP contribution in [0.25, 0.3) is 0 Å². The van der Waals surface area contributed by atoms with Crippen LogP contribution in [-0.4, -0.2) is 31.3 Å². The summed E-state index contributed by atoms with van der Waals surface area (Å²) in [4.78, 5) is 0. The Kier molecular flexibility index (Phi) is 4.55. The zero-order valence-corrected chi connectivity index (χ0v) is 13.2. The van der Waals surface area contributed by atoms with Gasteiger partial charge >= 0.3 is 0 Å². The van der Waals surface area contributed by atoms with E-state index in [4.69, 9.17) is 0 Å². The van der Waals surface area contributed by atoms with Gasteiger partial charge in [0.1, 0.15) is 0 Å². The van der Waals surface area contributed by atoms with Crippen molar-refractivity contribution in [2.24, 2.45) is 7.05 Å². The lowest BCUT2D eigenvalue weighted by atomic mass is 10.2. The second kappa shape index (κ2) is 6.05. The maximum Gasteiger partial charge on any atom is 0.281 e. The van der Waals surface area contributed by atoms with Gasteiger partial charge in [0.25, 0.3) is 10.0 Å². The number of nitrogens with one attached hydrogen (secondary N) is 1. The van der Waals surface area contributed by atoms with Gasteiger partial charge in [-0.1, -0.05) is 18.2 Å². The Bertz CT molecular complexity index is 729. The second-order valence-electron chi connectivity index (χ2n) is 4.68. The molecule has 0 fully saturated rings. The highest BCUT2D eigenvalue weighted by atomic mass is 35.5. The molecular weight excluding hydrogens is 312 g/mol. The van der Waals surface area contributed by atoms with Crippen molar-refractivity contribution in [2.45, 2.75) is 11.6 Å². The predicted molar refractivity (Wildman–Crippen MR) is 83.1 cm³/mol. The lowest BCUT2D eigenvalue weighted by molar-refractivity contribution is 0.571. The fourth-order valence-electron chi connectivity index (χ4n) is 2.41. The minimum absolute atomic E-state index is 0. The van der Waals surface area contributed by atoms with E-state index in [1.54, 1.807) is 7.05 Å². The fraction of sp³-hybridized carbons (Fsp3) is 0.308. The average Bonchev–Trinajstić information content (AvgIpc) is 2.75. The van der Waals surface area contributed by atoms with Gasteiger partial charge in [-0.15, -0.1) is 12.4 Å². The van der Waals surface area contributed by atoms with E-state index >= 15 is 0 Å². The van der Waals surface area contributed by atoms with Gasteiger partial charge in [-0.2, -0.15) is 13.5 Å². The van der Waals surface area contributed by atoms with E-state index in [0.717, 1.165) is 11.3 Å². The predicted octanol–water partition coefficient (Wildman–Crippen LogP) is 1.14. The number of nitrogens with zero attached hydrogens (tertiary/aromatic N) is 3. The molecule has 2 aromatic rings. The number of halogens is 1. The number of fused-ring (bicyclic) bond motifs is 1. The molecule has 8 heteroatoms. The first-order valence-electron chi connectivity index (χ1n) is 6.40. The van der Waals surface area contributed by atoms with Crippen molar-refractivity contribution >= 4 is 28.1 Å². The molecule has 0 spiro atoms. The van der Waals surface area contributed by atoms with Crippen molar-refractivity contribution < 1.29 is 8.42 Å². The van der Waals surface area contributed by atoms with Crippen LogP contribution in [0.15, 0.2) is 41.6 Å². The molecule has 0 bridgehead atoms. The van der Waals surface area contributed by atoms with Crippen molar-refractivity contribution in [3.63, 3.8) is 0 Å². The van der Waals surface area contributed by atoms with E-state index in [1.165, 1.54) is 21.3 Å². The zero-order chi connectivity index (χ0) is 14.2. The van der Waals surface area contributed by atoms with Crippen LogP contribution in [-0.2, 0) is 23.6 Å². The summed E-state index contributed by atoms with van der Waals surface area (Å²) >= 11 is 0. The summed E-state index contributed by atoms with van der Waals surface area (Å²) in [6, 6.07) is 9.09. The molecule has 2 heterocycles. The third-order valence-corrected chi connectivity index (χ3v) is 5.29. The molecule has 0 amide bonds. The molecule has 3 rings (SSSR count). The van der Waals surface area contributed by atoms with Crippen molar-refractivity contribution in [3.05, 3.63) is 42.1 Å². The Morgan fingerprint density at radius 2 is 2.00 bits per heavy atom. The van der Waals surface area contributed by atoms with Crippen LogP contribution in [0.2, 0.25) is 0 Å².